The topological polar surface area (TPSA) is 90.5 Å². The average Bonchev–Trinajstić information content (AvgIpc) is 2.82. The highest BCUT2D eigenvalue weighted by Gasteiger charge is 2.34. The first-order chi connectivity index (χ1) is 16.6. The van der Waals surface area contributed by atoms with Gasteiger partial charge in [0.15, 0.2) is 11.5 Å². The van der Waals surface area contributed by atoms with E-state index < -0.39 is 30.0 Å². The van der Waals surface area contributed by atoms with E-state index in [2.05, 4.69) is 19.6 Å². The van der Waals surface area contributed by atoms with Gasteiger partial charge in [0.2, 0.25) is 5.90 Å². The molecule has 0 aliphatic heterocycles. The second-order valence-electron chi connectivity index (χ2n) is 7.06. The number of hydrogen-bond acceptors (Lipinski definition) is 6. The van der Waals surface area contributed by atoms with Crippen molar-refractivity contribution in [2.75, 3.05) is 0 Å². The summed E-state index contributed by atoms with van der Waals surface area (Å²) in [6, 6.07) is 15.5. The molecule has 0 unspecified atom stereocenters. The van der Waals surface area contributed by atoms with Crippen LogP contribution in [0.4, 0.5) is 33.3 Å². The molecule has 4 rings (SSSR count). The standard InChI is InChI=1S/C22H12BF5N4O3/c24-22(25,26)17-12-18(13-6-8-15(9-7-13)32(33)34)29-20-16(17)10-11-19(30-20)31-21(35-23(27)28)14-4-2-1-3-5-14/h1-12H. The lowest BCUT2D eigenvalue weighted by Gasteiger charge is -2.13. The Labute approximate surface area is 194 Å². The number of rotatable bonds is 5. The van der Waals surface area contributed by atoms with Gasteiger partial charge in [-0.1, -0.05) is 18.2 Å². The molecule has 0 aliphatic carbocycles. The quantitative estimate of drug-likeness (QED) is 0.0832. The van der Waals surface area contributed by atoms with Gasteiger partial charge in [0.25, 0.3) is 5.69 Å². The number of pyridine rings is 2. The minimum atomic E-state index is -4.77. The van der Waals surface area contributed by atoms with E-state index in [1.165, 1.54) is 24.3 Å². The summed E-state index contributed by atoms with van der Waals surface area (Å²) in [4.78, 5) is 22.4. The number of nitro benzene ring substituents is 1. The highest BCUT2D eigenvalue weighted by molar-refractivity contribution is 6.38. The van der Waals surface area contributed by atoms with Gasteiger partial charge in [-0.3, -0.25) is 10.1 Å². The number of halogens is 5. The molecular weight excluding hydrogens is 474 g/mol. The molecule has 0 aliphatic rings. The highest BCUT2D eigenvalue weighted by atomic mass is 19.4. The Morgan fingerprint density at radius 1 is 0.971 bits per heavy atom. The molecule has 0 saturated heterocycles. The van der Waals surface area contributed by atoms with Crippen LogP contribution in [0.5, 0.6) is 0 Å². The Balaban J connectivity index is 1.86. The number of benzene rings is 2. The molecule has 0 radical (unpaired) electrons. The number of alkyl halides is 3. The Morgan fingerprint density at radius 2 is 1.66 bits per heavy atom. The van der Waals surface area contributed by atoms with Crippen LogP contribution >= 0.6 is 0 Å². The molecule has 0 amide bonds. The maximum absolute atomic E-state index is 13.8. The van der Waals surface area contributed by atoms with E-state index in [0.717, 1.165) is 30.3 Å². The molecule has 13 heteroatoms. The van der Waals surface area contributed by atoms with Gasteiger partial charge in [0, 0.05) is 28.6 Å². The van der Waals surface area contributed by atoms with Crippen LogP contribution in [-0.2, 0) is 10.8 Å². The monoisotopic (exact) mass is 486 g/mol. The van der Waals surface area contributed by atoms with Crippen molar-refractivity contribution >= 4 is 35.9 Å². The fraction of sp³-hybridized carbons (Fsp3) is 0.0455. The molecule has 0 bridgehead atoms. The molecule has 0 spiro atoms. The van der Waals surface area contributed by atoms with Crippen molar-refractivity contribution in [2.45, 2.75) is 6.18 Å². The van der Waals surface area contributed by atoms with Crippen molar-refractivity contribution in [3.8, 4) is 11.3 Å². The van der Waals surface area contributed by atoms with Crippen molar-refractivity contribution in [1.82, 2.24) is 9.97 Å². The molecule has 0 saturated carbocycles. The Morgan fingerprint density at radius 3 is 2.26 bits per heavy atom. The Bertz CT molecular complexity index is 1410. The minimum absolute atomic E-state index is 0.138. The van der Waals surface area contributed by atoms with Crippen LogP contribution in [0.1, 0.15) is 11.1 Å². The van der Waals surface area contributed by atoms with Crippen molar-refractivity contribution in [3.63, 3.8) is 0 Å². The predicted molar refractivity (Wildman–Crippen MR) is 118 cm³/mol. The van der Waals surface area contributed by atoms with E-state index in [9.17, 15) is 31.9 Å². The normalized spacial score (nSPS) is 12.0. The van der Waals surface area contributed by atoms with Gasteiger partial charge in [-0.05, 0) is 42.5 Å². The third-order valence-corrected chi connectivity index (χ3v) is 4.77. The fourth-order valence-electron chi connectivity index (χ4n) is 3.22. The minimum Gasteiger partial charge on any atom is -0.490 e. The summed E-state index contributed by atoms with van der Waals surface area (Å²) in [7, 11) is -3.20. The molecule has 0 N–H and O–H groups in total. The molecule has 176 valence electrons. The van der Waals surface area contributed by atoms with Gasteiger partial charge in [-0.2, -0.15) is 18.2 Å². The number of fused-ring (bicyclic) bond motifs is 1. The van der Waals surface area contributed by atoms with Gasteiger partial charge in [-0.15, -0.1) is 0 Å². The van der Waals surface area contributed by atoms with Gasteiger partial charge in [-0.25, -0.2) is 18.6 Å². The van der Waals surface area contributed by atoms with Crippen LogP contribution in [0.25, 0.3) is 22.3 Å². The zero-order chi connectivity index (χ0) is 25.2. The lowest BCUT2D eigenvalue weighted by atomic mass is 10.1. The summed E-state index contributed by atoms with van der Waals surface area (Å²) in [6.45, 7) is 0. The van der Waals surface area contributed by atoms with E-state index in [1.807, 2.05) is 0 Å². The maximum Gasteiger partial charge on any atom is 0.797 e. The number of hydrogen-bond donors (Lipinski definition) is 0. The molecule has 35 heavy (non-hydrogen) atoms. The molecule has 2 aromatic heterocycles. The van der Waals surface area contributed by atoms with Crippen LogP contribution in [0.2, 0.25) is 0 Å². The number of nitro groups is 1. The number of nitrogens with zero attached hydrogens (tertiary/aromatic N) is 4. The number of aromatic nitrogens is 2. The Kier molecular flexibility index (Phi) is 6.41. The first-order valence-electron chi connectivity index (χ1n) is 9.84. The summed E-state index contributed by atoms with van der Waals surface area (Å²) in [5, 5.41) is 10.5. The van der Waals surface area contributed by atoms with E-state index in [4.69, 9.17) is 0 Å². The van der Waals surface area contributed by atoms with E-state index >= 15 is 0 Å². The molecule has 2 heterocycles. The molecule has 0 atom stereocenters. The van der Waals surface area contributed by atoms with Gasteiger partial charge >= 0.3 is 13.6 Å². The smallest absolute Gasteiger partial charge is 0.490 e. The van der Waals surface area contributed by atoms with Crippen LogP contribution in [0.3, 0.4) is 0 Å². The zero-order valence-electron chi connectivity index (χ0n) is 17.4. The van der Waals surface area contributed by atoms with Crippen molar-refractivity contribution in [1.29, 1.82) is 0 Å². The second kappa shape index (κ2) is 9.45. The lowest BCUT2D eigenvalue weighted by molar-refractivity contribution is -0.384. The SMILES string of the molecule is O=[N+]([O-])c1ccc(-c2cc(C(F)(F)F)c3ccc(N=C(OB(F)F)c4ccccc4)nc3n2)cc1. The van der Waals surface area contributed by atoms with Crippen LogP contribution < -0.4 is 0 Å². The highest BCUT2D eigenvalue weighted by Crippen LogP contribution is 2.37. The largest absolute Gasteiger partial charge is 0.797 e. The molecule has 4 aromatic rings. The lowest BCUT2D eigenvalue weighted by Crippen LogP contribution is -2.14. The summed E-state index contributed by atoms with van der Waals surface area (Å²) >= 11 is 0. The van der Waals surface area contributed by atoms with E-state index in [1.54, 1.807) is 18.2 Å². The first-order valence-corrected chi connectivity index (χ1v) is 9.84. The maximum atomic E-state index is 13.8. The molecular formula is C22H12BF5N4O3. The zero-order valence-corrected chi connectivity index (χ0v) is 17.4. The summed E-state index contributed by atoms with van der Waals surface area (Å²) < 4.78 is 71.7. The molecule has 2 aromatic carbocycles. The Hall–Kier alpha value is -4.42. The summed E-state index contributed by atoms with van der Waals surface area (Å²) in [5.74, 6) is -0.687. The molecule has 7 nitrogen and oxygen atoms in total. The van der Waals surface area contributed by atoms with Crippen LogP contribution in [0.15, 0.2) is 77.8 Å². The van der Waals surface area contributed by atoms with Gasteiger partial charge < -0.3 is 4.65 Å². The van der Waals surface area contributed by atoms with Gasteiger partial charge in [0.05, 0.1) is 16.2 Å². The van der Waals surface area contributed by atoms with E-state index in [0.29, 0.717) is 0 Å². The predicted octanol–water partition coefficient (Wildman–Crippen LogP) is 6.24. The summed E-state index contributed by atoms with van der Waals surface area (Å²) in [5.41, 5.74) is -1.37. The first kappa shape index (κ1) is 23.7. The summed E-state index contributed by atoms with van der Waals surface area (Å²) in [6.07, 6.45) is -4.77. The van der Waals surface area contributed by atoms with E-state index in [-0.39, 0.29) is 39.4 Å². The number of aliphatic imine (C=N–C) groups is 1. The second-order valence-corrected chi connectivity index (χ2v) is 7.06. The van der Waals surface area contributed by atoms with Crippen molar-refractivity contribution < 1.29 is 31.4 Å². The van der Waals surface area contributed by atoms with Crippen molar-refractivity contribution in [3.05, 3.63) is 94.0 Å². The third-order valence-electron chi connectivity index (χ3n) is 4.77. The number of non-ortho nitro benzene ring substituents is 1. The van der Waals surface area contributed by atoms with Crippen LogP contribution in [0, 0.1) is 10.1 Å². The van der Waals surface area contributed by atoms with Gasteiger partial charge in [0.1, 0.15) is 0 Å². The third kappa shape index (κ3) is 5.40. The average molecular weight is 486 g/mol. The van der Waals surface area contributed by atoms with Crippen molar-refractivity contribution in [2.24, 2.45) is 4.99 Å². The molecule has 0 fully saturated rings. The fourth-order valence-corrected chi connectivity index (χ4v) is 3.22. The van der Waals surface area contributed by atoms with Crippen LogP contribution in [-0.4, -0.2) is 28.3 Å².